The van der Waals surface area contributed by atoms with E-state index < -0.39 is 15.6 Å². The van der Waals surface area contributed by atoms with E-state index in [9.17, 15) is 0 Å². The molecule has 0 bridgehead atoms. The van der Waals surface area contributed by atoms with E-state index in [1.807, 2.05) is 0 Å². The van der Waals surface area contributed by atoms with Crippen LogP contribution < -0.4 is 15.9 Å². The molecule has 0 amide bonds. The molecule has 3 rings (SSSR count). The van der Waals surface area contributed by atoms with Crippen LogP contribution in [0.1, 0.15) is 13.3 Å². The van der Waals surface area contributed by atoms with Crippen molar-refractivity contribution in [3.8, 4) is 0 Å². The number of hydrogen-bond donors (Lipinski definition) is 0. The monoisotopic (exact) mass is 421 g/mol. The fraction of sp³-hybridized carbons (Fsp3) is 0.308. The Labute approximate surface area is 178 Å². The van der Waals surface area contributed by atoms with Gasteiger partial charge in [-0.15, -0.1) is 0 Å². The van der Waals surface area contributed by atoms with E-state index in [1.165, 1.54) is 15.9 Å². The van der Waals surface area contributed by atoms with Gasteiger partial charge in [0.15, 0.2) is 8.32 Å². The minimum atomic E-state index is -1.77. The summed E-state index contributed by atoms with van der Waals surface area (Å²) in [6.07, 6.45) is 2.28. The Balaban J connectivity index is 2.14. The molecule has 29 heavy (non-hydrogen) atoms. The van der Waals surface area contributed by atoms with Crippen molar-refractivity contribution in [1.29, 1.82) is 0 Å². The number of hydrogen-bond acceptors (Lipinski definition) is 1. The zero-order valence-electron chi connectivity index (χ0n) is 18.2. The van der Waals surface area contributed by atoms with Gasteiger partial charge in [0, 0.05) is 12.5 Å². The molecule has 1 atom stereocenters. The van der Waals surface area contributed by atoms with Crippen LogP contribution in [0.2, 0.25) is 19.6 Å². The number of benzene rings is 3. The maximum Gasteiger partial charge on any atom is 0.183 e. The summed E-state index contributed by atoms with van der Waals surface area (Å²) in [7, 11) is -3.31. The minimum absolute atomic E-state index is 0.538. The van der Waals surface area contributed by atoms with Crippen LogP contribution >= 0.6 is 7.26 Å². The summed E-state index contributed by atoms with van der Waals surface area (Å²) >= 11 is 0. The first-order valence-corrected chi connectivity index (χ1v) is 16.0. The van der Waals surface area contributed by atoms with Gasteiger partial charge in [-0.2, -0.15) is 0 Å². The highest BCUT2D eigenvalue weighted by molar-refractivity contribution is 7.95. The molecule has 0 heterocycles. The molecule has 0 fully saturated rings. The second kappa shape index (κ2) is 9.85. The summed E-state index contributed by atoms with van der Waals surface area (Å²) < 4.78 is 6.39. The van der Waals surface area contributed by atoms with E-state index in [0.29, 0.717) is 5.92 Å². The normalized spacial score (nSPS) is 13.2. The molecule has 0 aromatic heterocycles. The lowest BCUT2D eigenvalue weighted by atomic mass is 10.1. The molecule has 0 aliphatic carbocycles. The summed E-state index contributed by atoms with van der Waals surface area (Å²) in [6, 6.07) is 33.5. The minimum Gasteiger partial charge on any atom is -0.417 e. The zero-order valence-corrected chi connectivity index (χ0v) is 20.1. The highest BCUT2D eigenvalue weighted by Crippen LogP contribution is 2.56. The van der Waals surface area contributed by atoms with E-state index in [0.717, 1.165) is 19.2 Å². The lowest BCUT2D eigenvalue weighted by Gasteiger charge is -2.32. The first-order valence-electron chi connectivity index (χ1n) is 10.6. The van der Waals surface area contributed by atoms with Gasteiger partial charge in [0.2, 0.25) is 0 Å². The number of rotatable bonds is 9. The molecule has 0 aliphatic rings. The summed E-state index contributed by atoms with van der Waals surface area (Å²) in [5.74, 6) is 0.538. The molecule has 0 saturated carbocycles. The molecular weight excluding hydrogens is 387 g/mol. The predicted octanol–water partition coefficient (Wildman–Crippen LogP) is 5.86. The quantitative estimate of drug-likeness (QED) is 0.311. The summed E-state index contributed by atoms with van der Waals surface area (Å²) in [6.45, 7) is 10.0. The van der Waals surface area contributed by atoms with E-state index >= 15 is 0 Å². The maximum atomic E-state index is 6.39. The highest BCUT2D eigenvalue weighted by Gasteiger charge is 2.46. The van der Waals surface area contributed by atoms with Crippen molar-refractivity contribution in [2.75, 3.05) is 12.8 Å². The maximum absolute atomic E-state index is 6.39. The Morgan fingerprint density at radius 3 is 1.38 bits per heavy atom. The molecule has 1 unspecified atom stereocenters. The average Bonchev–Trinajstić information content (AvgIpc) is 2.75. The highest BCUT2D eigenvalue weighted by atomic mass is 31.2. The van der Waals surface area contributed by atoms with Gasteiger partial charge in [-0.25, -0.2) is 0 Å². The summed E-state index contributed by atoms with van der Waals surface area (Å²) in [4.78, 5) is 0. The van der Waals surface area contributed by atoms with Gasteiger partial charge in [-0.1, -0.05) is 61.5 Å². The van der Waals surface area contributed by atoms with Crippen LogP contribution in [0.3, 0.4) is 0 Å². The van der Waals surface area contributed by atoms with Crippen molar-refractivity contribution in [2.24, 2.45) is 5.92 Å². The smallest absolute Gasteiger partial charge is 0.183 e. The van der Waals surface area contributed by atoms with Crippen molar-refractivity contribution in [1.82, 2.24) is 0 Å². The van der Waals surface area contributed by atoms with Crippen molar-refractivity contribution in [2.45, 2.75) is 33.0 Å². The van der Waals surface area contributed by atoms with Crippen LogP contribution in [-0.2, 0) is 4.43 Å². The first kappa shape index (κ1) is 22.0. The molecule has 0 radical (unpaired) electrons. The van der Waals surface area contributed by atoms with Crippen molar-refractivity contribution < 1.29 is 4.43 Å². The molecule has 1 nitrogen and oxygen atoms in total. The van der Waals surface area contributed by atoms with E-state index in [2.05, 4.69) is 118 Å². The Morgan fingerprint density at radius 2 is 1.07 bits per heavy atom. The second-order valence-corrected chi connectivity index (χ2v) is 16.7. The first-order chi connectivity index (χ1) is 14.0. The van der Waals surface area contributed by atoms with E-state index in [-0.39, 0.29) is 0 Å². The van der Waals surface area contributed by atoms with Gasteiger partial charge in [-0.05, 0) is 62.5 Å². The van der Waals surface area contributed by atoms with Crippen molar-refractivity contribution in [3.63, 3.8) is 0 Å². The summed E-state index contributed by atoms with van der Waals surface area (Å²) in [5.41, 5.74) is 0. The summed E-state index contributed by atoms with van der Waals surface area (Å²) in [5, 5.41) is 4.39. The van der Waals surface area contributed by atoms with Gasteiger partial charge in [0.1, 0.15) is 23.2 Å². The van der Waals surface area contributed by atoms with Crippen LogP contribution in [0, 0.1) is 5.92 Å². The molecule has 0 N–H and O–H groups in total. The Morgan fingerprint density at radius 1 is 0.690 bits per heavy atom. The Bertz CT molecular complexity index is 763. The van der Waals surface area contributed by atoms with Gasteiger partial charge in [-0.3, -0.25) is 0 Å². The third-order valence-corrected chi connectivity index (χ3v) is 11.1. The lowest BCUT2D eigenvalue weighted by Crippen LogP contribution is -2.37. The van der Waals surface area contributed by atoms with Gasteiger partial charge in [0.25, 0.3) is 0 Å². The van der Waals surface area contributed by atoms with E-state index in [1.54, 1.807) is 0 Å². The third kappa shape index (κ3) is 5.45. The fourth-order valence-corrected chi connectivity index (χ4v) is 9.31. The van der Waals surface area contributed by atoms with Crippen LogP contribution in [0.4, 0.5) is 0 Å². The SMILES string of the molecule is CCC(CO[Si](C)(C)C)C[P+](c1ccccc1)(c1ccccc1)c1ccccc1. The zero-order chi connectivity index (χ0) is 20.7. The van der Waals surface area contributed by atoms with Crippen LogP contribution in [-0.4, -0.2) is 21.1 Å². The molecule has 3 aromatic rings. The van der Waals surface area contributed by atoms with E-state index in [4.69, 9.17) is 4.43 Å². The average molecular weight is 422 g/mol. The topological polar surface area (TPSA) is 9.23 Å². The Kier molecular flexibility index (Phi) is 7.46. The third-order valence-electron chi connectivity index (χ3n) is 5.45. The molecule has 152 valence electrons. The molecule has 3 heteroatoms. The molecular formula is C26H34OPSi+. The van der Waals surface area contributed by atoms with Crippen LogP contribution in [0.25, 0.3) is 0 Å². The molecule has 3 aromatic carbocycles. The van der Waals surface area contributed by atoms with Crippen LogP contribution in [0.15, 0.2) is 91.0 Å². The fourth-order valence-electron chi connectivity index (χ4n) is 3.87. The van der Waals surface area contributed by atoms with Crippen molar-refractivity contribution in [3.05, 3.63) is 91.0 Å². The van der Waals surface area contributed by atoms with Gasteiger partial charge >= 0.3 is 0 Å². The van der Waals surface area contributed by atoms with Gasteiger partial charge < -0.3 is 4.43 Å². The Hall–Kier alpha value is -1.73. The standard InChI is InChI=1S/C26H34OPSi/c1-5-23(21-27-29(2,3)4)22-28(24-15-9-6-10-16-24,25-17-11-7-12-18-25)26-19-13-8-14-20-26/h6-20,23H,5,21-22H2,1-4H3/q+1. The van der Waals surface area contributed by atoms with Crippen LogP contribution in [0.5, 0.6) is 0 Å². The lowest BCUT2D eigenvalue weighted by molar-refractivity contribution is 0.252. The van der Waals surface area contributed by atoms with Crippen molar-refractivity contribution >= 4 is 31.5 Å². The second-order valence-electron chi connectivity index (χ2n) is 8.70. The van der Waals surface area contributed by atoms with Gasteiger partial charge in [0.05, 0.1) is 6.16 Å². The molecule has 0 aliphatic heterocycles. The molecule has 0 spiro atoms. The molecule has 0 saturated heterocycles. The largest absolute Gasteiger partial charge is 0.417 e. The predicted molar refractivity (Wildman–Crippen MR) is 133 cm³/mol.